The van der Waals surface area contributed by atoms with Crippen molar-refractivity contribution in [2.24, 2.45) is 0 Å². The van der Waals surface area contributed by atoms with Crippen LogP contribution < -0.4 is 10.6 Å². The van der Waals surface area contributed by atoms with Crippen LogP contribution in [0.2, 0.25) is 0 Å². The van der Waals surface area contributed by atoms with Gasteiger partial charge in [0.05, 0.1) is 24.1 Å². The molecule has 0 saturated carbocycles. The van der Waals surface area contributed by atoms with Gasteiger partial charge in [-0.3, -0.25) is 9.59 Å². The zero-order valence-corrected chi connectivity index (χ0v) is 14.1. The molecule has 0 fully saturated rings. The lowest BCUT2D eigenvalue weighted by Gasteiger charge is -2.09. The molecule has 2 N–H and O–H groups in total. The molecule has 126 valence electrons. The SMILES string of the molecule is O=C(C=Cc1cccs1)Nc1ccccc1C(=O)NCc1ccco1. The van der Waals surface area contributed by atoms with Crippen molar-refractivity contribution in [1.82, 2.24) is 5.32 Å². The first-order chi connectivity index (χ1) is 12.2. The lowest BCUT2D eigenvalue weighted by Crippen LogP contribution is -2.24. The summed E-state index contributed by atoms with van der Waals surface area (Å²) in [6.45, 7) is 0.284. The molecule has 0 saturated heterocycles. The highest BCUT2D eigenvalue weighted by atomic mass is 32.1. The largest absolute Gasteiger partial charge is 0.467 e. The van der Waals surface area contributed by atoms with Crippen LogP contribution in [0, 0.1) is 0 Å². The number of amides is 2. The third-order valence-corrected chi connectivity index (χ3v) is 4.21. The zero-order chi connectivity index (χ0) is 17.5. The minimum Gasteiger partial charge on any atom is -0.467 e. The van der Waals surface area contributed by atoms with Gasteiger partial charge < -0.3 is 15.1 Å². The molecule has 0 bridgehead atoms. The van der Waals surface area contributed by atoms with Gasteiger partial charge in [-0.25, -0.2) is 0 Å². The number of thiophene rings is 1. The first kappa shape index (κ1) is 16.7. The summed E-state index contributed by atoms with van der Waals surface area (Å²) in [6, 6.07) is 14.2. The fourth-order valence-corrected chi connectivity index (χ4v) is 2.80. The number of carbonyl (C=O) groups is 2. The number of hydrogen-bond donors (Lipinski definition) is 2. The lowest BCUT2D eigenvalue weighted by molar-refractivity contribution is -0.111. The number of furan rings is 1. The number of para-hydroxylation sites is 1. The Morgan fingerprint density at radius 2 is 1.96 bits per heavy atom. The van der Waals surface area contributed by atoms with Gasteiger partial charge in [0, 0.05) is 11.0 Å². The molecule has 2 amide bonds. The summed E-state index contributed by atoms with van der Waals surface area (Å²) in [6.07, 6.45) is 4.73. The van der Waals surface area contributed by atoms with Crippen molar-refractivity contribution in [2.45, 2.75) is 6.54 Å². The summed E-state index contributed by atoms with van der Waals surface area (Å²) in [4.78, 5) is 25.4. The quantitative estimate of drug-likeness (QED) is 0.661. The summed E-state index contributed by atoms with van der Waals surface area (Å²) in [5, 5.41) is 7.45. The van der Waals surface area contributed by atoms with E-state index in [2.05, 4.69) is 10.6 Å². The summed E-state index contributed by atoms with van der Waals surface area (Å²) in [7, 11) is 0. The van der Waals surface area contributed by atoms with Crippen molar-refractivity contribution in [3.63, 3.8) is 0 Å². The predicted molar refractivity (Wildman–Crippen MR) is 98.3 cm³/mol. The zero-order valence-electron chi connectivity index (χ0n) is 13.3. The second kappa shape index (κ2) is 8.12. The first-order valence-electron chi connectivity index (χ1n) is 7.64. The molecule has 2 heterocycles. The van der Waals surface area contributed by atoms with Crippen LogP contribution in [0.3, 0.4) is 0 Å². The third-order valence-electron chi connectivity index (χ3n) is 3.37. The van der Waals surface area contributed by atoms with Crippen molar-refractivity contribution in [2.75, 3.05) is 5.32 Å². The van der Waals surface area contributed by atoms with E-state index in [1.165, 1.54) is 6.08 Å². The predicted octanol–water partition coefficient (Wildman–Crippen LogP) is 3.92. The third kappa shape index (κ3) is 4.68. The molecule has 0 unspecified atom stereocenters. The fraction of sp³-hybridized carbons (Fsp3) is 0.0526. The molecule has 0 aliphatic rings. The Bertz CT molecular complexity index is 868. The minimum absolute atomic E-state index is 0.283. The molecule has 5 nitrogen and oxygen atoms in total. The van der Waals surface area contributed by atoms with Gasteiger partial charge in [0.2, 0.25) is 5.91 Å². The molecule has 0 radical (unpaired) electrons. The topological polar surface area (TPSA) is 71.3 Å². The van der Waals surface area contributed by atoms with Crippen molar-refractivity contribution in [3.05, 3.63) is 82.5 Å². The van der Waals surface area contributed by atoms with E-state index >= 15 is 0 Å². The van der Waals surface area contributed by atoms with Crippen LogP contribution in [0.4, 0.5) is 5.69 Å². The Labute approximate surface area is 149 Å². The van der Waals surface area contributed by atoms with Gasteiger partial charge in [0.1, 0.15) is 5.76 Å². The van der Waals surface area contributed by atoms with E-state index in [1.54, 1.807) is 60.1 Å². The molecule has 3 rings (SSSR count). The monoisotopic (exact) mass is 352 g/mol. The number of benzene rings is 1. The molecule has 0 aliphatic heterocycles. The van der Waals surface area contributed by atoms with E-state index in [9.17, 15) is 9.59 Å². The molecule has 6 heteroatoms. The summed E-state index contributed by atoms with van der Waals surface area (Å²) in [5.74, 6) is 0.0861. The number of nitrogens with one attached hydrogen (secondary N) is 2. The summed E-state index contributed by atoms with van der Waals surface area (Å²) < 4.78 is 5.19. The van der Waals surface area contributed by atoms with Gasteiger partial charge in [0.25, 0.3) is 5.91 Å². The average molecular weight is 352 g/mol. The summed E-state index contributed by atoms with van der Waals surface area (Å²) in [5.41, 5.74) is 0.854. The summed E-state index contributed by atoms with van der Waals surface area (Å²) >= 11 is 1.54. The van der Waals surface area contributed by atoms with Crippen molar-refractivity contribution in [1.29, 1.82) is 0 Å². The highest BCUT2D eigenvalue weighted by Gasteiger charge is 2.12. The number of anilines is 1. The van der Waals surface area contributed by atoms with Crippen LogP contribution in [0.25, 0.3) is 6.08 Å². The fourth-order valence-electron chi connectivity index (χ4n) is 2.18. The smallest absolute Gasteiger partial charge is 0.253 e. The highest BCUT2D eigenvalue weighted by Crippen LogP contribution is 2.16. The van der Waals surface area contributed by atoms with Gasteiger partial charge >= 0.3 is 0 Å². The van der Waals surface area contributed by atoms with E-state index in [4.69, 9.17) is 4.42 Å². The van der Waals surface area contributed by atoms with Crippen LogP contribution in [0.15, 0.2) is 70.7 Å². The van der Waals surface area contributed by atoms with E-state index in [1.807, 2.05) is 17.5 Å². The molecule has 0 atom stereocenters. The molecule has 3 aromatic rings. The van der Waals surface area contributed by atoms with Crippen LogP contribution in [0.1, 0.15) is 21.0 Å². The average Bonchev–Trinajstić information content (AvgIpc) is 3.32. The first-order valence-corrected chi connectivity index (χ1v) is 8.52. The molecular formula is C19H16N2O3S. The Morgan fingerprint density at radius 3 is 2.72 bits per heavy atom. The number of carbonyl (C=O) groups excluding carboxylic acids is 2. The molecular weight excluding hydrogens is 336 g/mol. The van der Waals surface area contributed by atoms with Gasteiger partial charge in [0.15, 0.2) is 0 Å². The van der Waals surface area contributed by atoms with Gasteiger partial charge in [-0.2, -0.15) is 0 Å². The molecule has 2 aromatic heterocycles. The van der Waals surface area contributed by atoms with Crippen molar-refractivity contribution < 1.29 is 14.0 Å². The lowest BCUT2D eigenvalue weighted by atomic mass is 10.1. The maximum Gasteiger partial charge on any atom is 0.253 e. The van der Waals surface area contributed by atoms with Crippen LogP contribution in [-0.4, -0.2) is 11.8 Å². The second-order valence-electron chi connectivity index (χ2n) is 5.15. The van der Waals surface area contributed by atoms with Crippen molar-refractivity contribution >= 4 is 34.9 Å². The Hall–Kier alpha value is -3.12. The van der Waals surface area contributed by atoms with Crippen LogP contribution in [0.5, 0.6) is 0 Å². The van der Waals surface area contributed by atoms with Crippen molar-refractivity contribution in [3.8, 4) is 0 Å². The number of rotatable bonds is 6. The molecule has 0 spiro atoms. The Kier molecular flexibility index (Phi) is 5.43. The second-order valence-corrected chi connectivity index (χ2v) is 6.12. The maximum absolute atomic E-state index is 12.4. The van der Waals surface area contributed by atoms with Gasteiger partial charge in [-0.1, -0.05) is 18.2 Å². The highest BCUT2D eigenvalue weighted by molar-refractivity contribution is 7.10. The standard InChI is InChI=1S/C19H16N2O3S/c22-18(10-9-15-6-4-12-25-15)21-17-8-2-1-7-16(17)19(23)20-13-14-5-3-11-24-14/h1-12H,13H2,(H,20,23)(H,21,22). The maximum atomic E-state index is 12.4. The van der Waals surface area contributed by atoms with E-state index < -0.39 is 0 Å². The van der Waals surface area contributed by atoms with Crippen LogP contribution in [-0.2, 0) is 11.3 Å². The molecule has 0 aliphatic carbocycles. The normalized spacial score (nSPS) is 10.7. The Balaban J connectivity index is 1.65. The van der Waals surface area contributed by atoms with Gasteiger partial charge in [-0.05, 0) is 41.8 Å². The Morgan fingerprint density at radius 1 is 1.08 bits per heavy atom. The van der Waals surface area contributed by atoms with Gasteiger partial charge in [-0.15, -0.1) is 11.3 Å². The minimum atomic E-state index is -0.292. The molecule has 1 aromatic carbocycles. The van der Waals surface area contributed by atoms with E-state index in [-0.39, 0.29) is 18.4 Å². The van der Waals surface area contributed by atoms with Crippen LogP contribution >= 0.6 is 11.3 Å². The number of hydrogen-bond acceptors (Lipinski definition) is 4. The van der Waals surface area contributed by atoms with E-state index in [0.29, 0.717) is 17.0 Å². The van der Waals surface area contributed by atoms with E-state index in [0.717, 1.165) is 4.88 Å². The molecule has 25 heavy (non-hydrogen) atoms.